The van der Waals surface area contributed by atoms with Crippen LogP contribution in [-0.4, -0.2) is 50.2 Å². The molecule has 0 aliphatic carbocycles. The van der Waals surface area contributed by atoms with E-state index < -0.39 is 0 Å². The Hall–Kier alpha value is -2.43. The lowest BCUT2D eigenvalue weighted by molar-refractivity contribution is -0.115. The Bertz CT molecular complexity index is 692. The molecule has 0 saturated carbocycles. The summed E-state index contributed by atoms with van der Waals surface area (Å²) in [4.78, 5) is 15.1. The summed E-state index contributed by atoms with van der Waals surface area (Å²) >= 11 is 0. The molecule has 1 saturated heterocycles. The van der Waals surface area contributed by atoms with Gasteiger partial charge in [0.05, 0.1) is 13.2 Å². The molecule has 0 atom stereocenters. The van der Waals surface area contributed by atoms with E-state index in [0.717, 1.165) is 44.0 Å². The quantitative estimate of drug-likeness (QED) is 0.651. The van der Waals surface area contributed by atoms with Gasteiger partial charge in [0.2, 0.25) is 0 Å². The van der Waals surface area contributed by atoms with E-state index in [0.29, 0.717) is 12.1 Å². The van der Waals surface area contributed by atoms with Crippen LogP contribution in [0.15, 0.2) is 60.7 Å². The zero-order valence-corrected chi connectivity index (χ0v) is 14.4. The van der Waals surface area contributed by atoms with Gasteiger partial charge in [-0.15, -0.1) is 0 Å². The fraction of sp³-hybridized carbons (Fsp3) is 0.286. The second-order valence-electron chi connectivity index (χ2n) is 6.04. The Labute approximate surface area is 149 Å². The number of rotatable bonds is 6. The normalized spacial score (nSPS) is 15.8. The Balaban J connectivity index is 1.68. The van der Waals surface area contributed by atoms with Crippen molar-refractivity contribution in [1.82, 2.24) is 10.2 Å². The standard InChI is InChI=1S/C21H24N2O2/c24-21(22-11-12-23-13-15-25-16-14-23)20(19-9-5-2-6-10-19)17-18-7-3-1-4-8-18/h1-10,17H,11-16H2,(H,22,24)/b20-17-. The number of amides is 1. The molecule has 4 nitrogen and oxygen atoms in total. The number of nitrogens with one attached hydrogen (secondary N) is 1. The molecule has 1 heterocycles. The Morgan fingerprint density at radius 1 is 1.00 bits per heavy atom. The highest BCUT2D eigenvalue weighted by molar-refractivity contribution is 6.24. The van der Waals surface area contributed by atoms with Crippen LogP contribution in [0, 0.1) is 0 Å². The van der Waals surface area contributed by atoms with E-state index >= 15 is 0 Å². The lowest BCUT2D eigenvalue weighted by atomic mass is 10.0. The Morgan fingerprint density at radius 3 is 2.32 bits per heavy atom. The van der Waals surface area contributed by atoms with Crippen molar-refractivity contribution in [3.63, 3.8) is 0 Å². The molecule has 0 aromatic heterocycles. The lowest BCUT2D eigenvalue weighted by Gasteiger charge is -2.26. The van der Waals surface area contributed by atoms with Crippen LogP contribution in [0.25, 0.3) is 11.6 Å². The first kappa shape index (κ1) is 17.4. The summed E-state index contributed by atoms with van der Waals surface area (Å²) in [5.41, 5.74) is 2.63. The number of nitrogens with zero attached hydrogens (tertiary/aromatic N) is 1. The van der Waals surface area contributed by atoms with Crippen molar-refractivity contribution in [1.29, 1.82) is 0 Å². The Kier molecular flexibility index (Phi) is 6.37. The monoisotopic (exact) mass is 336 g/mol. The zero-order valence-electron chi connectivity index (χ0n) is 14.4. The number of morpholine rings is 1. The maximum Gasteiger partial charge on any atom is 0.251 e. The average molecular weight is 336 g/mol. The van der Waals surface area contributed by atoms with Crippen molar-refractivity contribution in [3.05, 3.63) is 71.8 Å². The highest BCUT2D eigenvalue weighted by Crippen LogP contribution is 2.18. The van der Waals surface area contributed by atoms with Crippen molar-refractivity contribution in [2.75, 3.05) is 39.4 Å². The highest BCUT2D eigenvalue weighted by Gasteiger charge is 2.13. The molecule has 0 unspecified atom stereocenters. The molecule has 0 radical (unpaired) electrons. The summed E-state index contributed by atoms with van der Waals surface area (Å²) < 4.78 is 5.35. The maximum absolute atomic E-state index is 12.8. The van der Waals surface area contributed by atoms with E-state index in [4.69, 9.17) is 4.74 Å². The molecule has 0 spiro atoms. The van der Waals surface area contributed by atoms with Gasteiger partial charge in [0.15, 0.2) is 0 Å². The van der Waals surface area contributed by atoms with Crippen molar-refractivity contribution < 1.29 is 9.53 Å². The van der Waals surface area contributed by atoms with Gasteiger partial charge < -0.3 is 10.1 Å². The van der Waals surface area contributed by atoms with Gasteiger partial charge >= 0.3 is 0 Å². The van der Waals surface area contributed by atoms with Gasteiger partial charge in [0, 0.05) is 31.8 Å². The molecular weight excluding hydrogens is 312 g/mol. The molecule has 25 heavy (non-hydrogen) atoms. The van der Waals surface area contributed by atoms with Crippen LogP contribution in [0.3, 0.4) is 0 Å². The minimum Gasteiger partial charge on any atom is -0.379 e. The molecule has 2 aromatic carbocycles. The van der Waals surface area contributed by atoms with E-state index in [2.05, 4.69) is 10.2 Å². The summed E-state index contributed by atoms with van der Waals surface area (Å²) in [6.45, 7) is 4.90. The molecule has 1 amide bonds. The number of carbonyl (C=O) groups excluding carboxylic acids is 1. The predicted octanol–water partition coefficient (Wildman–Crippen LogP) is 2.68. The molecule has 1 aliphatic heterocycles. The summed E-state index contributed by atoms with van der Waals surface area (Å²) in [5.74, 6) is -0.0386. The van der Waals surface area contributed by atoms with Crippen LogP contribution in [0.2, 0.25) is 0 Å². The minimum atomic E-state index is -0.0386. The summed E-state index contributed by atoms with van der Waals surface area (Å²) in [7, 11) is 0. The molecule has 1 N–H and O–H groups in total. The van der Waals surface area contributed by atoms with Crippen molar-refractivity contribution >= 4 is 17.6 Å². The fourth-order valence-corrected chi connectivity index (χ4v) is 2.86. The highest BCUT2D eigenvalue weighted by atomic mass is 16.5. The third-order valence-corrected chi connectivity index (χ3v) is 4.26. The van der Waals surface area contributed by atoms with Crippen LogP contribution in [0.5, 0.6) is 0 Å². The number of hydrogen-bond acceptors (Lipinski definition) is 3. The van der Waals surface area contributed by atoms with Crippen molar-refractivity contribution in [2.24, 2.45) is 0 Å². The van der Waals surface area contributed by atoms with E-state index in [1.54, 1.807) is 0 Å². The largest absolute Gasteiger partial charge is 0.379 e. The molecular formula is C21H24N2O2. The summed E-state index contributed by atoms with van der Waals surface area (Å²) in [5, 5.41) is 3.06. The third kappa shape index (κ3) is 5.28. The van der Waals surface area contributed by atoms with Crippen LogP contribution >= 0.6 is 0 Å². The fourth-order valence-electron chi connectivity index (χ4n) is 2.86. The molecule has 2 aromatic rings. The smallest absolute Gasteiger partial charge is 0.251 e. The number of carbonyl (C=O) groups is 1. The molecule has 0 bridgehead atoms. The predicted molar refractivity (Wildman–Crippen MR) is 101 cm³/mol. The first-order valence-corrected chi connectivity index (χ1v) is 8.73. The molecule has 1 aliphatic rings. The van der Waals surface area contributed by atoms with E-state index in [9.17, 15) is 4.79 Å². The number of ether oxygens (including phenoxy) is 1. The first-order chi connectivity index (χ1) is 12.3. The van der Waals surface area contributed by atoms with Crippen LogP contribution in [0.1, 0.15) is 11.1 Å². The molecule has 130 valence electrons. The lowest BCUT2D eigenvalue weighted by Crippen LogP contribution is -2.41. The SMILES string of the molecule is O=C(NCCN1CCOCC1)/C(=C\c1ccccc1)c1ccccc1. The molecule has 4 heteroatoms. The summed E-state index contributed by atoms with van der Waals surface area (Å²) in [6, 6.07) is 19.7. The topological polar surface area (TPSA) is 41.6 Å². The van der Waals surface area contributed by atoms with Gasteiger partial charge in [-0.25, -0.2) is 0 Å². The maximum atomic E-state index is 12.8. The van der Waals surface area contributed by atoms with Gasteiger partial charge in [-0.3, -0.25) is 9.69 Å². The summed E-state index contributed by atoms with van der Waals surface area (Å²) in [6.07, 6.45) is 1.94. The van der Waals surface area contributed by atoms with Crippen molar-refractivity contribution in [2.45, 2.75) is 0 Å². The van der Waals surface area contributed by atoms with E-state index in [1.807, 2.05) is 66.7 Å². The Morgan fingerprint density at radius 2 is 1.64 bits per heavy atom. The second kappa shape index (κ2) is 9.16. The van der Waals surface area contributed by atoms with Gasteiger partial charge in [-0.05, 0) is 17.2 Å². The van der Waals surface area contributed by atoms with Gasteiger partial charge in [-0.2, -0.15) is 0 Å². The zero-order chi connectivity index (χ0) is 17.3. The van der Waals surface area contributed by atoms with Crippen LogP contribution in [0.4, 0.5) is 0 Å². The second-order valence-corrected chi connectivity index (χ2v) is 6.04. The van der Waals surface area contributed by atoms with Crippen molar-refractivity contribution in [3.8, 4) is 0 Å². The van der Waals surface area contributed by atoms with Crippen LogP contribution in [-0.2, 0) is 9.53 Å². The van der Waals surface area contributed by atoms with Gasteiger partial charge in [-0.1, -0.05) is 60.7 Å². The minimum absolute atomic E-state index is 0.0386. The third-order valence-electron chi connectivity index (χ3n) is 4.26. The van der Waals surface area contributed by atoms with E-state index in [1.165, 1.54) is 0 Å². The van der Waals surface area contributed by atoms with Gasteiger partial charge in [0.1, 0.15) is 0 Å². The van der Waals surface area contributed by atoms with E-state index in [-0.39, 0.29) is 5.91 Å². The molecule has 3 rings (SSSR count). The number of benzene rings is 2. The van der Waals surface area contributed by atoms with Crippen LogP contribution < -0.4 is 5.32 Å². The number of hydrogen-bond donors (Lipinski definition) is 1. The first-order valence-electron chi connectivity index (χ1n) is 8.73. The molecule has 1 fully saturated rings. The average Bonchev–Trinajstić information content (AvgIpc) is 2.68. The van der Waals surface area contributed by atoms with Gasteiger partial charge in [0.25, 0.3) is 5.91 Å².